The van der Waals surface area contributed by atoms with Crippen molar-refractivity contribution in [1.82, 2.24) is 0 Å². The van der Waals surface area contributed by atoms with E-state index in [0.717, 1.165) is 4.90 Å². The second kappa shape index (κ2) is 5.14. The van der Waals surface area contributed by atoms with Crippen molar-refractivity contribution < 1.29 is 9.59 Å². The van der Waals surface area contributed by atoms with Crippen LogP contribution in [0.1, 0.15) is 10.4 Å². The molecule has 0 fully saturated rings. The van der Waals surface area contributed by atoms with E-state index in [1.165, 1.54) is 0 Å². The second-order valence-corrected chi connectivity index (χ2v) is 3.68. The minimum absolute atomic E-state index is 0.417. The molecule has 0 aliphatic rings. The lowest BCUT2D eigenvalue weighted by Crippen LogP contribution is -2.40. The van der Waals surface area contributed by atoms with Gasteiger partial charge in [-0.1, -0.05) is 36.4 Å². The molecule has 18 heavy (non-hydrogen) atoms. The molecule has 2 N–H and O–H groups in total. The van der Waals surface area contributed by atoms with Crippen LogP contribution in [-0.4, -0.2) is 11.9 Å². The van der Waals surface area contributed by atoms with Gasteiger partial charge in [0.25, 0.3) is 5.91 Å². The molecule has 0 saturated carbocycles. The summed E-state index contributed by atoms with van der Waals surface area (Å²) in [6.45, 7) is 0. The van der Waals surface area contributed by atoms with E-state index < -0.39 is 11.9 Å². The van der Waals surface area contributed by atoms with Crippen molar-refractivity contribution in [1.29, 1.82) is 0 Å². The number of primary amides is 1. The minimum atomic E-state index is -0.796. The van der Waals surface area contributed by atoms with E-state index in [1.807, 2.05) is 0 Å². The Bertz CT molecular complexity index is 553. The van der Waals surface area contributed by atoms with E-state index in [2.05, 4.69) is 0 Å². The summed E-state index contributed by atoms with van der Waals surface area (Å²) in [6.07, 6.45) is 0. The van der Waals surface area contributed by atoms with Crippen molar-refractivity contribution in [2.75, 3.05) is 4.90 Å². The zero-order valence-electron chi connectivity index (χ0n) is 9.61. The van der Waals surface area contributed by atoms with Gasteiger partial charge in [-0.15, -0.1) is 0 Å². The summed E-state index contributed by atoms with van der Waals surface area (Å²) in [5.41, 5.74) is 6.15. The highest BCUT2D eigenvalue weighted by Gasteiger charge is 2.21. The molecule has 2 aromatic carbocycles. The number of urea groups is 1. The number of para-hydroxylation sites is 1. The summed E-state index contributed by atoms with van der Waals surface area (Å²) < 4.78 is 0. The Morgan fingerprint density at radius 2 is 1.33 bits per heavy atom. The molecule has 2 aromatic rings. The van der Waals surface area contributed by atoms with Crippen molar-refractivity contribution >= 4 is 17.6 Å². The van der Waals surface area contributed by atoms with Gasteiger partial charge in [0, 0.05) is 5.56 Å². The fraction of sp³-hybridized carbons (Fsp3) is 0. The zero-order valence-corrected chi connectivity index (χ0v) is 9.61. The van der Waals surface area contributed by atoms with Crippen LogP contribution in [0.15, 0.2) is 60.7 Å². The molecule has 4 heteroatoms. The molecule has 0 bridgehead atoms. The molecule has 0 atom stereocenters. The van der Waals surface area contributed by atoms with Gasteiger partial charge < -0.3 is 5.73 Å². The zero-order chi connectivity index (χ0) is 13.0. The van der Waals surface area contributed by atoms with Crippen LogP contribution in [0.4, 0.5) is 10.5 Å². The SMILES string of the molecule is NC(=O)N(C(=O)c1ccccc1)c1ccccc1. The summed E-state index contributed by atoms with van der Waals surface area (Å²) in [7, 11) is 0. The highest BCUT2D eigenvalue weighted by molar-refractivity contribution is 6.20. The number of nitrogens with zero attached hydrogens (tertiary/aromatic N) is 1. The van der Waals surface area contributed by atoms with Gasteiger partial charge in [-0.2, -0.15) is 0 Å². The number of anilines is 1. The lowest BCUT2D eigenvalue weighted by molar-refractivity contribution is 0.0995. The predicted octanol–water partition coefficient (Wildman–Crippen LogP) is 2.41. The summed E-state index contributed by atoms with van der Waals surface area (Å²) >= 11 is 0. The van der Waals surface area contributed by atoms with E-state index in [-0.39, 0.29) is 0 Å². The molecule has 0 aliphatic heterocycles. The Kier molecular flexibility index (Phi) is 3.38. The Hall–Kier alpha value is -2.62. The number of amides is 3. The van der Waals surface area contributed by atoms with Gasteiger partial charge in [0.1, 0.15) is 0 Å². The lowest BCUT2D eigenvalue weighted by atomic mass is 10.2. The largest absolute Gasteiger partial charge is 0.351 e. The van der Waals surface area contributed by atoms with Gasteiger partial charge >= 0.3 is 6.03 Å². The average molecular weight is 240 g/mol. The molecule has 0 saturated heterocycles. The van der Waals surface area contributed by atoms with Crippen LogP contribution >= 0.6 is 0 Å². The predicted molar refractivity (Wildman–Crippen MR) is 69.3 cm³/mol. The number of nitrogens with two attached hydrogens (primary N) is 1. The molecule has 0 aromatic heterocycles. The van der Waals surface area contributed by atoms with Crippen LogP contribution in [0.3, 0.4) is 0 Å². The van der Waals surface area contributed by atoms with Crippen LogP contribution in [0.5, 0.6) is 0 Å². The van der Waals surface area contributed by atoms with Crippen LogP contribution in [0, 0.1) is 0 Å². The fourth-order valence-electron chi connectivity index (χ4n) is 1.63. The number of hydrogen-bond acceptors (Lipinski definition) is 2. The average Bonchev–Trinajstić information content (AvgIpc) is 2.40. The van der Waals surface area contributed by atoms with E-state index in [9.17, 15) is 9.59 Å². The van der Waals surface area contributed by atoms with Crippen LogP contribution in [0.25, 0.3) is 0 Å². The van der Waals surface area contributed by atoms with Crippen molar-refractivity contribution in [3.05, 3.63) is 66.2 Å². The van der Waals surface area contributed by atoms with Crippen molar-refractivity contribution in [2.45, 2.75) is 0 Å². The number of benzene rings is 2. The summed E-state index contributed by atoms with van der Waals surface area (Å²) in [5, 5.41) is 0. The van der Waals surface area contributed by atoms with Gasteiger partial charge in [-0.05, 0) is 24.3 Å². The topological polar surface area (TPSA) is 63.4 Å². The van der Waals surface area contributed by atoms with Crippen molar-refractivity contribution in [3.63, 3.8) is 0 Å². The third-order valence-corrected chi connectivity index (χ3v) is 2.46. The number of carbonyl (C=O) groups excluding carboxylic acids is 2. The first kappa shape index (κ1) is 11.9. The lowest BCUT2D eigenvalue weighted by Gasteiger charge is -2.18. The van der Waals surface area contributed by atoms with Gasteiger partial charge in [0.05, 0.1) is 5.69 Å². The Morgan fingerprint density at radius 1 is 0.833 bits per heavy atom. The molecule has 0 aliphatic carbocycles. The summed E-state index contributed by atoms with van der Waals surface area (Å²) in [6, 6.07) is 16.3. The first-order valence-corrected chi connectivity index (χ1v) is 5.44. The standard InChI is InChI=1S/C14H12N2O2/c15-14(18)16(12-9-5-2-6-10-12)13(17)11-7-3-1-4-8-11/h1-10H,(H2,15,18). The minimum Gasteiger partial charge on any atom is -0.351 e. The molecule has 2 rings (SSSR count). The highest BCUT2D eigenvalue weighted by atomic mass is 16.2. The number of imide groups is 1. The van der Waals surface area contributed by atoms with Gasteiger partial charge in [-0.3, -0.25) is 4.79 Å². The van der Waals surface area contributed by atoms with Crippen LogP contribution in [-0.2, 0) is 0 Å². The second-order valence-electron chi connectivity index (χ2n) is 3.68. The van der Waals surface area contributed by atoms with Crippen LogP contribution in [0.2, 0.25) is 0 Å². The van der Waals surface area contributed by atoms with Gasteiger partial charge in [0.15, 0.2) is 0 Å². The molecular weight excluding hydrogens is 228 g/mol. The van der Waals surface area contributed by atoms with E-state index >= 15 is 0 Å². The molecular formula is C14H12N2O2. The molecule has 0 heterocycles. The smallest absolute Gasteiger partial charge is 0.326 e. The summed E-state index contributed by atoms with van der Waals surface area (Å²) in [5.74, 6) is -0.436. The number of rotatable bonds is 2. The highest BCUT2D eigenvalue weighted by Crippen LogP contribution is 2.16. The number of carbonyl (C=O) groups is 2. The Morgan fingerprint density at radius 3 is 1.83 bits per heavy atom. The maximum atomic E-state index is 12.2. The Balaban J connectivity index is 2.39. The third kappa shape index (κ3) is 2.38. The fourth-order valence-corrected chi connectivity index (χ4v) is 1.63. The van der Waals surface area contributed by atoms with E-state index in [4.69, 9.17) is 5.73 Å². The molecule has 0 radical (unpaired) electrons. The van der Waals surface area contributed by atoms with Crippen molar-refractivity contribution in [2.24, 2.45) is 5.73 Å². The maximum Gasteiger partial charge on any atom is 0.326 e. The third-order valence-electron chi connectivity index (χ3n) is 2.46. The monoisotopic (exact) mass is 240 g/mol. The molecule has 90 valence electrons. The normalized spacial score (nSPS) is 9.78. The maximum absolute atomic E-state index is 12.2. The first-order chi connectivity index (χ1) is 8.70. The molecule has 4 nitrogen and oxygen atoms in total. The van der Waals surface area contributed by atoms with Crippen LogP contribution < -0.4 is 10.6 Å². The summed E-state index contributed by atoms with van der Waals surface area (Å²) in [4.78, 5) is 24.6. The quantitative estimate of drug-likeness (QED) is 0.876. The molecule has 0 spiro atoms. The van der Waals surface area contributed by atoms with E-state index in [1.54, 1.807) is 60.7 Å². The molecule has 3 amide bonds. The molecule has 0 unspecified atom stereocenters. The number of hydrogen-bond donors (Lipinski definition) is 1. The van der Waals surface area contributed by atoms with Gasteiger partial charge in [0.2, 0.25) is 0 Å². The van der Waals surface area contributed by atoms with E-state index in [0.29, 0.717) is 11.3 Å². The van der Waals surface area contributed by atoms with Crippen molar-refractivity contribution in [3.8, 4) is 0 Å². The first-order valence-electron chi connectivity index (χ1n) is 5.44. The van der Waals surface area contributed by atoms with Gasteiger partial charge in [-0.25, -0.2) is 9.69 Å². The Labute approximate surface area is 105 Å².